The topological polar surface area (TPSA) is 46.5 Å². The van der Waals surface area contributed by atoms with Gasteiger partial charge in [0.1, 0.15) is 0 Å². The second-order valence-electron chi connectivity index (χ2n) is 2.93. The lowest BCUT2D eigenvalue weighted by Gasteiger charge is -2.22. The van der Waals surface area contributed by atoms with E-state index in [2.05, 4.69) is 4.74 Å². The number of halogens is 9. The number of esters is 1. The van der Waals surface area contributed by atoms with E-state index in [4.69, 9.17) is 5.11 Å². The molecule has 0 aliphatic carbocycles. The first-order valence-corrected chi connectivity index (χ1v) is 3.97. The van der Waals surface area contributed by atoms with Crippen LogP contribution in [0.2, 0.25) is 0 Å². The fourth-order valence-corrected chi connectivity index (χ4v) is 0.663. The molecule has 12 heteroatoms. The van der Waals surface area contributed by atoms with Crippen LogP contribution in [0.5, 0.6) is 0 Å². The Labute approximate surface area is 97.8 Å². The summed E-state index contributed by atoms with van der Waals surface area (Å²) in [7, 11) is 0. The quantitative estimate of drug-likeness (QED) is 0.369. The Hall–Kier alpha value is -1.62. The van der Waals surface area contributed by atoms with Crippen molar-refractivity contribution in [2.45, 2.75) is 24.6 Å². The van der Waals surface area contributed by atoms with Crippen molar-refractivity contribution in [3.63, 3.8) is 0 Å². The smallest absolute Gasteiger partial charge is 0.448 e. The van der Waals surface area contributed by atoms with Crippen molar-refractivity contribution in [3.05, 3.63) is 11.8 Å². The molecule has 0 spiro atoms. The second kappa shape index (κ2) is 5.17. The number of allylic oxidation sites excluding steroid dienone is 1. The van der Waals surface area contributed by atoms with Gasteiger partial charge in [0.05, 0.1) is 6.08 Å². The maximum absolute atomic E-state index is 11.8. The zero-order valence-corrected chi connectivity index (χ0v) is 8.32. The van der Waals surface area contributed by atoms with E-state index in [1.807, 2.05) is 0 Å². The highest BCUT2D eigenvalue weighted by Gasteiger charge is 2.59. The van der Waals surface area contributed by atoms with E-state index < -0.39 is 42.4 Å². The van der Waals surface area contributed by atoms with E-state index in [0.717, 1.165) is 0 Å². The number of aliphatic hydroxyl groups excluding tert-OH is 1. The number of carbonyl (C=O) groups excluding carboxylic acids is 1. The average Bonchev–Trinajstić information content (AvgIpc) is 2.08. The van der Waals surface area contributed by atoms with Crippen molar-refractivity contribution >= 4 is 5.97 Å². The minimum Gasteiger partial charge on any atom is -0.504 e. The molecule has 0 rings (SSSR count). The summed E-state index contributed by atoms with van der Waals surface area (Å²) in [6, 6.07) is 0. The van der Waals surface area contributed by atoms with Crippen LogP contribution < -0.4 is 0 Å². The molecule has 0 saturated heterocycles. The van der Waals surface area contributed by atoms with Crippen LogP contribution in [0.15, 0.2) is 11.8 Å². The first-order chi connectivity index (χ1) is 8.15. The van der Waals surface area contributed by atoms with E-state index in [0.29, 0.717) is 0 Å². The van der Waals surface area contributed by atoms with E-state index in [9.17, 15) is 44.3 Å². The summed E-state index contributed by atoms with van der Waals surface area (Å²) in [6.07, 6.45) is -23.2. The van der Waals surface area contributed by atoms with Gasteiger partial charge in [-0.3, -0.25) is 0 Å². The van der Waals surface area contributed by atoms with Crippen LogP contribution in [0.25, 0.3) is 0 Å². The molecule has 0 bridgehead atoms. The molecule has 0 aliphatic heterocycles. The number of rotatable bonds is 2. The monoisotopic (exact) mass is 306 g/mol. The number of hydrogen-bond acceptors (Lipinski definition) is 3. The first kappa shape index (κ1) is 17.4. The molecule has 19 heavy (non-hydrogen) atoms. The molecule has 0 aromatic rings. The maximum Gasteiger partial charge on any atom is 0.448 e. The second-order valence-corrected chi connectivity index (χ2v) is 2.93. The lowest BCUT2D eigenvalue weighted by Crippen LogP contribution is -2.45. The van der Waals surface area contributed by atoms with Gasteiger partial charge in [0.15, 0.2) is 0 Å². The summed E-state index contributed by atoms with van der Waals surface area (Å²) in [5, 5.41) is 8.15. The number of alkyl halides is 9. The van der Waals surface area contributed by atoms with Gasteiger partial charge in [0, 0.05) is 0 Å². The third-order valence-electron chi connectivity index (χ3n) is 1.37. The Morgan fingerprint density at radius 2 is 1.32 bits per heavy atom. The lowest BCUT2D eigenvalue weighted by molar-refractivity contribution is -0.312. The summed E-state index contributed by atoms with van der Waals surface area (Å²) in [5.41, 5.74) is 0. The summed E-state index contributed by atoms with van der Waals surface area (Å²) >= 11 is 0. The van der Waals surface area contributed by atoms with Crippen LogP contribution in [-0.4, -0.2) is 35.7 Å². The molecular weight excluding hydrogens is 303 g/mol. The molecule has 0 unspecified atom stereocenters. The molecule has 0 aromatic heterocycles. The van der Waals surface area contributed by atoms with Crippen molar-refractivity contribution in [3.8, 4) is 0 Å². The van der Waals surface area contributed by atoms with Gasteiger partial charge in [-0.25, -0.2) is 4.79 Å². The largest absolute Gasteiger partial charge is 0.504 e. The Morgan fingerprint density at radius 1 is 0.947 bits per heavy atom. The predicted molar refractivity (Wildman–Crippen MR) is 38.8 cm³/mol. The molecule has 112 valence electrons. The Morgan fingerprint density at radius 3 is 1.58 bits per heavy atom. The summed E-state index contributed by atoms with van der Waals surface area (Å²) in [6.45, 7) is 0. The van der Waals surface area contributed by atoms with Crippen molar-refractivity contribution < 1.29 is 54.2 Å². The molecule has 0 amide bonds. The highest BCUT2D eigenvalue weighted by atomic mass is 19.4. The molecule has 3 nitrogen and oxygen atoms in total. The first-order valence-electron chi connectivity index (χ1n) is 3.97. The van der Waals surface area contributed by atoms with Gasteiger partial charge in [-0.05, 0) is 0 Å². The molecule has 0 atom stereocenters. The number of hydrogen-bond donors (Lipinski definition) is 1. The van der Waals surface area contributed by atoms with Gasteiger partial charge in [-0.2, -0.15) is 39.5 Å². The third-order valence-corrected chi connectivity index (χ3v) is 1.37. The van der Waals surface area contributed by atoms with Crippen LogP contribution in [0, 0.1) is 0 Å². The molecule has 0 radical (unpaired) electrons. The molecule has 0 saturated carbocycles. The average molecular weight is 306 g/mol. The van der Waals surface area contributed by atoms with E-state index in [1.54, 1.807) is 0 Å². The van der Waals surface area contributed by atoms with Crippen molar-refractivity contribution in [1.29, 1.82) is 0 Å². The van der Waals surface area contributed by atoms with E-state index >= 15 is 0 Å². The molecule has 1 N–H and O–H groups in total. The van der Waals surface area contributed by atoms with Gasteiger partial charge < -0.3 is 9.84 Å². The van der Waals surface area contributed by atoms with E-state index in [1.165, 1.54) is 0 Å². The zero-order chi connectivity index (χ0) is 15.6. The highest BCUT2D eigenvalue weighted by molar-refractivity contribution is 5.82. The Kier molecular flexibility index (Phi) is 4.73. The van der Waals surface area contributed by atoms with Gasteiger partial charge in [0.2, 0.25) is 5.76 Å². The van der Waals surface area contributed by atoms with Crippen LogP contribution in [0.4, 0.5) is 39.5 Å². The third kappa shape index (κ3) is 5.70. The normalized spacial score (nSPS) is 14.7. The van der Waals surface area contributed by atoms with Gasteiger partial charge >= 0.3 is 24.5 Å². The predicted octanol–water partition coefficient (Wildman–Crippen LogP) is 3.03. The minimum atomic E-state index is -6.06. The summed E-state index contributed by atoms with van der Waals surface area (Å²) in [4.78, 5) is 10.4. The number of ether oxygens (including phenoxy) is 1. The van der Waals surface area contributed by atoms with Crippen molar-refractivity contribution in [1.82, 2.24) is 0 Å². The Bertz CT molecular complexity index is 347. The van der Waals surface area contributed by atoms with Crippen LogP contribution in [-0.2, 0) is 9.53 Å². The molecule has 0 aliphatic rings. The molecule has 0 heterocycles. The van der Waals surface area contributed by atoms with E-state index in [-0.39, 0.29) is 0 Å². The molecule has 0 aromatic carbocycles. The highest BCUT2D eigenvalue weighted by Crippen LogP contribution is 2.36. The maximum atomic E-state index is 11.8. The number of aliphatic hydroxyl groups is 1. The van der Waals surface area contributed by atoms with Gasteiger partial charge in [0.25, 0.3) is 6.10 Å². The molecular formula is C7H3F9O3. The fraction of sp³-hybridized carbons (Fsp3) is 0.571. The standard InChI is InChI=1S/C7H3F9O3/c8-5(9,10)2(17)1-3(18)19-4(6(11,12)13)7(14,15)16/h1,4,17H/b2-1-. The van der Waals surface area contributed by atoms with Crippen molar-refractivity contribution in [2.24, 2.45) is 0 Å². The van der Waals surface area contributed by atoms with Crippen LogP contribution >= 0.6 is 0 Å². The van der Waals surface area contributed by atoms with Crippen LogP contribution in [0.1, 0.15) is 0 Å². The van der Waals surface area contributed by atoms with Gasteiger partial charge in [-0.1, -0.05) is 0 Å². The van der Waals surface area contributed by atoms with Gasteiger partial charge in [-0.15, -0.1) is 0 Å². The summed E-state index contributed by atoms with van der Waals surface area (Å²) in [5.74, 6) is -5.34. The van der Waals surface area contributed by atoms with Crippen molar-refractivity contribution in [2.75, 3.05) is 0 Å². The lowest BCUT2D eigenvalue weighted by atomic mass is 10.3. The number of carbonyl (C=O) groups is 1. The fourth-order valence-electron chi connectivity index (χ4n) is 0.663. The zero-order valence-electron chi connectivity index (χ0n) is 8.32. The molecule has 0 fully saturated rings. The Balaban J connectivity index is 5.06. The SMILES string of the molecule is O=C(/C=C(\O)C(F)(F)F)OC(C(F)(F)F)C(F)(F)F. The van der Waals surface area contributed by atoms with Crippen LogP contribution in [0.3, 0.4) is 0 Å². The summed E-state index contributed by atoms with van der Waals surface area (Å²) < 4.78 is 109. The minimum absolute atomic E-state index is 0.940.